The van der Waals surface area contributed by atoms with Crippen molar-refractivity contribution in [1.82, 2.24) is 19.5 Å². The standard InChI is InChI=1S/C19H17N5S/c1-14-11-18(23-19(22-14)17-3-2-10-25-17)21-12-15-4-6-16(7-5-15)24-9-8-20-13-24/h2-11,13H,12H2,1H3,(H,21,22,23). The molecule has 3 aromatic heterocycles. The van der Waals surface area contributed by atoms with E-state index >= 15 is 0 Å². The van der Waals surface area contributed by atoms with Crippen molar-refractivity contribution in [2.75, 3.05) is 5.32 Å². The van der Waals surface area contributed by atoms with Gasteiger partial charge in [-0.1, -0.05) is 18.2 Å². The molecule has 0 radical (unpaired) electrons. The second kappa shape index (κ2) is 6.86. The highest BCUT2D eigenvalue weighted by Gasteiger charge is 2.06. The molecule has 0 saturated carbocycles. The first-order chi connectivity index (χ1) is 12.3. The summed E-state index contributed by atoms with van der Waals surface area (Å²) < 4.78 is 1.98. The summed E-state index contributed by atoms with van der Waals surface area (Å²) in [5, 5.41) is 5.43. The number of hydrogen-bond donors (Lipinski definition) is 1. The first-order valence-corrected chi connectivity index (χ1v) is 8.86. The van der Waals surface area contributed by atoms with Gasteiger partial charge in [-0.25, -0.2) is 15.0 Å². The molecule has 5 nitrogen and oxygen atoms in total. The average molecular weight is 347 g/mol. The van der Waals surface area contributed by atoms with Gasteiger partial charge in [0.25, 0.3) is 0 Å². The van der Waals surface area contributed by atoms with E-state index < -0.39 is 0 Å². The Kier molecular flexibility index (Phi) is 4.26. The molecular formula is C19H17N5S. The number of anilines is 1. The van der Waals surface area contributed by atoms with E-state index in [1.165, 1.54) is 5.56 Å². The van der Waals surface area contributed by atoms with Crippen molar-refractivity contribution in [3.8, 4) is 16.4 Å². The van der Waals surface area contributed by atoms with Gasteiger partial charge >= 0.3 is 0 Å². The minimum absolute atomic E-state index is 0.713. The van der Waals surface area contributed by atoms with Gasteiger partial charge in [-0.2, -0.15) is 0 Å². The minimum atomic E-state index is 0.713. The summed E-state index contributed by atoms with van der Waals surface area (Å²) in [6, 6.07) is 14.4. The number of benzene rings is 1. The molecule has 0 aliphatic rings. The number of hydrogen-bond acceptors (Lipinski definition) is 5. The van der Waals surface area contributed by atoms with E-state index in [1.807, 2.05) is 41.3 Å². The smallest absolute Gasteiger partial charge is 0.171 e. The van der Waals surface area contributed by atoms with E-state index in [2.05, 4.69) is 44.5 Å². The summed E-state index contributed by atoms with van der Waals surface area (Å²) in [6.07, 6.45) is 5.50. The second-order valence-corrected chi connectivity index (χ2v) is 6.63. The topological polar surface area (TPSA) is 55.6 Å². The van der Waals surface area contributed by atoms with E-state index in [0.29, 0.717) is 6.54 Å². The van der Waals surface area contributed by atoms with Crippen LogP contribution in [-0.4, -0.2) is 19.5 Å². The molecule has 0 aliphatic carbocycles. The lowest BCUT2D eigenvalue weighted by molar-refractivity contribution is 1.04. The maximum atomic E-state index is 4.63. The third-order valence-corrected chi connectivity index (χ3v) is 4.67. The monoisotopic (exact) mass is 347 g/mol. The van der Waals surface area contributed by atoms with Gasteiger partial charge in [0.2, 0.25) is 0 Å². The normalized spacial score (nSPS) is 10.8. The Labute approximate surface area is 150 Å². The maximum Gasteiger partial charge on any atom is 0.171 e. The van der Waals surface area contributed by atoms with Gasteiger partial charge < -0.3 is 9.88 Å². The van der Waals surface area contributed by atoms with Crippen LogP contribution in [0.4, 0.5) is 5.82 Å². The molecule has 6 heteroatoms. The van der Waals surface area contributed by atoms with Crippen LogP contribution in [0.1, 0.15) is 11.3 Å². The number of rotatable bonds is 5. The highest BCUT2D eigenvalue weighted by atomic mass is 32.1. The molecule has 0 atom stereocenters. The molecular weight excluding hydrogens is 330 g/mol. The largest absolute Gasteiger partial charge is 0.366 e. The molecule has 0 amide bonds. The van der Waals surface area contributed by atoms with Crippen LogP contribution in [0.5, 0.6) is 0 Å². The molecule has 0 bridgehead atoms. The second-order valence-electron chi connectivity index (χ2n) is 5.69. The molecule has 1 N–H and O–H groups in total. The Morgan fingerprint density at radius 2 is 2.00 bits per heavy atom. The lowest BCUT2D eigenvalue weighted by Crippen LogP contribution is -2.04. The number of imidazole rings is 1. The zero-order valence-electron chi connectivity index (χ0n) is 13.8. The van der Waals surface area contributed by atoms with Crippen molar-refractivity contribution in [3.63, 3.8) is 0 Å². The summed E-state index contributed by atoms with van der Waals surface area (Å²) in [4.78, 5) is 14.3. The molecule has 124 valence electrons. The zero-order valence-corrected chi connectivity index (χ0v) is 14.6. The fraction of sp³-hybridized carbons (Fsp3) is 0.105. The molecule has 4 aromatic rings. The van der Waals surface area contributed by atoms with Crippen LogP contribution in [0.15, 0.2) is 66.6 Å². The van der Waals surface area contributed by atoms with Gasteiger partial charge in [-0.05, 0) is 36.1 Å². The fourth-order valence-corrected chi connectivity index (χ4v) is 3.22. The van der Waals surface area contributed by atoms with Gasteiger partial charge in [0.1, 0.15) is 5.82 Å². The lowest BCUT2D eigenvalue weighted by atomic mass is 10.2. The van der Waals surface area contributed by atoms with Crippen LogP contribution in [0, 0.1) is 6.92 Å². The molecule has 0 spiro atoms. The molecule has 0 fully saturated rings. The Morgan fingerprint density at radius 1 is 1.12 bits per heavy atom. The molecule has 0 unspecified atom stereocenters. The third kappa shape index (κ3) is 3.59. The van der Waals surface area contributed by atoms with Crippen molar-refractivity contribution in [2.45, 2.75) is 13.5 Å². The Morgan fingerprint density at radius 3 is 2.72 bits per heavy atom. The van der Waals surface area contributed by atoms with Crippen LogP contribution in [-0.2, 0) is 6.54 Å². The van der Waals surface area contributed by atoms with Crippen LogP contribution < -0.4 is 5.32 Å². The van der Waals surface area contributed by atoms with E-state index in [9.17, 15) is 0 Å². The summed E-state index contributed by atoms with van der Waals surface area (Å²) in [6.45, 7) is 2.70. The van der Waals surface area contributed by atoms with Gasteiger partial charge in [0.05, 0.1) is 11.2 Å². The molecule has 0 aliphatic heterocycles. The molecule has 25 heavy (non-hydrogen) atoms. The van der Waals surface area contributed by atoms with Crippen LogP contribution in [0.25, 0.3) is 16.4 Å². The number of aromatic nitrogens is 4. The SMILES string of the molecule is Cc1cc(NCc2ccc(-n3ccnc3)cc2)nc(-c2cccs2)n1. The summed E-state index contributed by atoms with van der Waals surface area (Å²) in [5.41, 5.74) is 3.24. The fourth-order valence-electron chi connectivity index (χ4n) is 2.57. The van der Waals surface area contributed by atoms with Crippen molar-refractivity contribution in [3.05, 3.63) is 77.8 Å². The van der Waals surface area contributed by atoms with Crippen molar-refractivity contribution >= 4 is 17.2 Å². The Bertz CT molecular complexity index is 944. The highest BCUT2D eigenvalue weighted by Crippen LogP contribution is 2.23. The number of nitrogens with one attached hydrogen (secondary N) is 1. The molecule has 4 rings (SSSR count). The van der Waals surface area contributed by atoms with Gasteiger partial charge in [0, 0.05) is 36.4 Å². The quantitative estimate of drug-likeness (QED) is 0.584. The van der Waals surface area contributed by atoms with Crippen molar-refractivity contribution < 1.29 is 0 Å². The van der Waals surface area contributed by atoms with Crippen molar-refractivity contribution in [1.29, 1.82) is 0 Å². The number of aryl methyl sites for hydroxylation is 1. The molecule has 0 saturated heterocycles. The number of nitrogens with zero attached hydrogens (tertiary/aromatic N) is 4. The average Bonchev–Trinajstić information content (AvgIpc) is 3.33. The minimum Gasteiger partial charge on any atom is -0.366 e. The van der Waals surface area contributed by atoms with Crippen molar-refractivity contribution in [2.24, 2.45) is 0 Å². The predicted octanol–water partition coefficient (Wildman–Crippen LogP) is 4.31. The summed E-state index contributed by atoms with van der Waals surface area (Å²) in [5.74, 6) is 1.61. The molecule has 1 aromatic carbocycles. The third-order valence-electron chi connectivity index (χ3n) is 3.81. The van der Waals surface area contributed by atoms with Crippen LogP contribution >= 0.6 is 11.3 Å². The number of thiophene rings is 1. The highest BCUT2D eigenvalue weighted by molar-refractivity contribution is 7.13. The van der Waals surface area contributed by atoms with E-state index in [4.69, 9.17) is 0 Å². The molecule has 3 heterocycles. The summed E-state index contributed by atoms with van der Waals surface area (Å²) >= 11 is 1.65. The van der Waals surface area contributed by atoms with E-state index in [0.717, 1.165) is 27.9 Å². The van der Waals surface area contributed by atoms with E-state index in [-0.39, 0.29) is 0 Å². The first kappa shape index (κ1) is 15.5. The van der Waals surface area contributed by atoms with Crippen LogP contribution in [0.2, 0.25) is 0 Å². The lowest BCUT2D eigenvalue weighted by Gasteiger charge is -2.09. The van der Waals surface area contributed by atoms with Gasteiger partial charge in [0.15, 0.2) is 5.82 Å². The Balaban J connectivity index is 1.48. The Hall–Kier alpha value is -2.99. The zero-order chi connectivity index (χ0) is 17.1. The van der Waals surface area contributed by atoms with E-state index in [1.54, 1.807) is 23.9 Å². The predicted molar refractivity (Wildman–Crippen MR) is 101 cm³/mol. The van der Waals surface area contributed by atoms with Gasteiger partial charge in [-0.3, -0.25) is 0 Å². The summed E-state index contributed by atoms with van der Waals surface area (Å²) in [7, 11) is 0. The van der Waals surface area contributed by atoms with Crippen LogP contribution in [0.3, 0.4) is 0 Å². The first-order valence-electron chi connectivity index (χ1n) is 7.99. The maximum absolute atomic E-state index is 4.63. The van der Waals surface area contributed by atoms with Gasteiger partial charge in [-0.15, -0.1) is 11.3 Å².